The molecule has 2 rings (SSSR count). The van der Waals surface area contributed by atoms with Crippen LogP contribution in [-0.4, -0.2) is 6.04 Å². The summed E-state index contributed by atoms with van der Waals surface area (Å²) in [6.45, 7) is 3.64. The average Bonchev–Trinajstić information content (AvgIpc) is 2.76. The lowest BCUT2D eigenvalue weighted by Crippen LogP contribution is -2.22. The highest BCUT2D eigenvalue weighted by Crippen LogP contribution is 2.39. The van der Waals surface area contributed by atoms with E-state index in [9.17, 15) is 8.78 Å². The van der Waals surface area contributed by atoms with E-state index in [1.807, 2.05) is 26.0 Å². The number of furan rings is 1. The van der Waals surface area contributed by atoms with Gasteiger partial charge in [0.05, 0.1) is 5.25 Å². The van der Waals surface area contributed by atoms with Crippen molar-refractivity contribution in [3.8, 4) is 0 Å². The van der Waals surface area contributed by atoms with Crippen molar-refractivity contribution in [2.45, 2.75) is 30.0 Å². The minimum atomic E-state index is -0.469. The first-order valence-corrected chi connectivity index (χ1v) is 6.79. The lowest BCUT2D eigenvalue weighted by Gasteiger charge is -2.18. The molecule has 1 heterocycles. The molecule has 1 aromatic heterocycles. The topological polar surface area (TPSA) is 39.2 Å². The Morgan fingerprint density at radius 3 is 2.53 bits per heavy atom. The minimum Gasteiger partial charge on any atom is -0.465 e. The molecule has 0 aliphatic carbocycles. The summed E-state index contributed by atoms with van der Waals surface area (Å²) in [4.78, 5) is 0.233. The Kier molecular flexibility index (Phi) is 4.27. The number of nitrogens with two attached hydrogens (primary N) is 1. The van der Waals surface area contributed by atoms with Gasteiger partial charge in [-0.05, 0) is 44.2 Å². The van der Waals surface area contributed by atoms with Crippen LogP contribution in [0.2, 0.25) is 0 Å². The van der Waals surface area contributed by atoms with Gasteiger partial charge in [0.25, 0.3) is 0 Å². The highest BCUT2D eigenvalue weighted by atomic mass is 32.2. The van der Waals surface area contributed by atoms with Gasteiger partial charge in [-0.25, -0.2) is 8.78 Å². The predicted molar refractivity (Wildman–Crippen MR) is 72.1 cm³/mol. The zero-order chi connectivity index (χ0) is 14.0. The third-order valence-electron chi connectivity index (χ3n) is 2.67. The SMILES string of the molecule is Cc1ccc(C(Sc2cc(F)ccc2F)C(C)N)o1. The average molecular weight is 283 g/mol. The van der Waals surface area contributed by atoms with Gasteiger partial charge in [0, 0.05) is 10.9 Å². The Morgan fingerprint density at radius 2 is 1.95 bits per heavy atom. The Hall–Kier alpha value is -1.33. The molecule has 102 valence electrons. The van der Waals surface area contributed by atoms with Gasteiger partial charge in [-0.1, -0.05) is 0 Å². The van der Waals surface area contributed by atoms with Gasteiger partial charge in [0.1, 0.15) is 23.2 Å². The molecule has 0 amide bonds. The first-order chi connectivity index (χ1) is 8.97. The van der Waals surface area contributed by atoms with Crippen LogP contribution < -0.4 is 5.73 Å². The van der Waals surface area contributed by atoms with Crippen LogP contribution in [0.15, 0.2) is 39.6 Å². The van der Waals surface area contributed by atoms with E-state index in [1.165, 1.54) is 17.8 Å². The van der Waals surface area contributed by atoms with E-state index in [4.69, 9.17) is 10.2 Å². The molecule has 0 saturated carbocycles. The standard InChI is InChI=1S/C14H15F2NOS/c1-8-3-6-12(18-8)14(9(2)17)19-13-7-10(15)4-5-11(13)16/h3-7,9,14H,17H2,1-2H3. The van der Waals surface area contributed by atoms with Gasteiger partial charge in [-0.2, -0.15) is 0 Å². The molecule has 0 saturated heterocycles. The molecule has 19 heavy (non-hydrogen) atoms. The number of rotatable bonds is 4. The number of halogens is 2. The van der Waals surface area contributed by atoms with Crippen LogP contribution >= 0.6 is 11.8 Å². The predicted octanol–water partition coefficient (Wildman–Crippen LogP) is 4.05. The molecule has 0 aliphatic heterocycles. The molecule has 2 N–H and O–H groups in total. The summed E-state index contributed by atoms with van der Waals surface area (Å²) in [5.74, 6) is 0.505. The Bertz CT molecular complexity index is 568. The fraction of sp³-hybridized carbons (Fsp3) is 0.286. The zero-order valence-corrected chi connectivity index (χ0v) is 11.5. The molecule has 1 aromatic carbocycles. The molecule has 0 radical (unpaired) electrons. The van der Waals surface area contributed by atoms with E-state index in [-0.39, 0.29) is 16.2 Å². The molecule has 2 nitrogen and oxygen atoms in total. The molecule has 5 heteroatoms. The number of thioether (sulfide) groups is 1. The van der Waals surface area contributed by atoms with E-state index in [1.54, 1.807) is 0 Å². The van der Waals surface area contributed by atoms with Crippen LogP contribution in [0.1, 0.15) is 23.7 Å². The summed E-state index contributed by atoms with van der Waals surface area (Å²) < 4.78 is 32.4. The van der Waals surface area contributed by atoms with E-state index >= 15 is 0 Å². The summed E-state index contributed by atoms with van der Waals surface area (Å²) in [7, 11) is 0. The van der Waals surface area contributed by atoms with Crippen LogP contribution in [0.3, 0.4) is 0 Å². The maximum absolute atomic E-state index is 13.7. The van der Waals surface area contributed by atoms with E-state index in [0.29, 0.717) is 5.76 Å². The summed E-state index contributed by atoms with van der Waals surface area (Å²) >= 11 is 1.17. The van der Waals surface area contributed by atoms with Crippen LogP contribution in [0.4, 0.5) is 8.78 Å². The van der Waals surface area contributed by atoms with Crippen molar-refractivity contribution in [1.29, 1.82) is 0 Å². The number of aryl methyl sites for hydroxylation is 1. The highest BCUT2D eigenvalue weighted by molar-refractivity contribution is 7.99. The number of hydrogen-bond acceptors (Lipinski definition) is 3. The van der Waals surface area contributed by atoms with Crippen LogP contribution in [0.25, 0.3) is 0 Å². The van der Waals surface area contributed by atoms with Gasteiger partial charge < -0.3 is 10.2 Å². The Balaban J connectivity index is 2.29. The zero-order valence-electron chi connectivity index (χ0n) is 10.7. The third-order valence-corrected chi connectivity index (χ3v) is 4.15. The molecular weight excluding hydrogens is 268 g/mol. The molecule has 0 aliphatic rings. The second-order valence-electron chi connectivity index (χ2n) is 4.42. The fourth-order valence-corrected chi connectivity index (χ4v) is 2.83. The lowest BCUT2D eigenvalue weighted by atomic mass is 10.2. The quantitative estimate of drug-likeness (QED) is 0.860. The Labute approximate surface area is 115 Å². The van der Waals surface area contributed by atoms with E-state index in [2.05, 4.69) is 0 Å². The van der Waals surface area contributed by atoms with Crippen molar-refractivity contribution < 1.29 is 13.2 Å². The summed E-state index contributed by atoms with van der Waals surface area (Å²) in [5.41, 5.74) is 5.92. The van der Waals surface area contributed by atoms with Crippen molar-refractivity contribution in [2.75, 3.05) is 0 Å². The second kappa shape index (κ2) is 5.75. The lowest BCUT2D eigenvalue weighted by molar-refractivity contribution is 0.464. The van der Waals surface area contributed by atoms with Crippen molar-refractivity contribution >= 4 is 11.8 Å². The summed E-state index contributed by atoms with van der Waals surface area (Å²) in [6, 6.07) is 6.77. The molecule has 0 fully saturated rings. The molecule has 2 aromatic rings. The highest BCUT2D eigenvalue weighted by Gasteiger charge is 2.22. The summed E-state index contributed by atoms with van der Waals surface area (Å²) in [5, 5.41) is -0.259. The first kappa shape index (κ1) is 14.1. The fourth-order valence-electron chi connectivity index (χ4n) is 1.74. The van der Waals surface area contributed by atoms with Gasteiger partial charge in [-0.3, -0.25) is 0 Å². The normalized spacial score (nSPS) is 14.4. The van der Waals surface area contributed by atoms with Crippen LogP contribution in [-0.2, 0) is 0 Å². The molecular formula is C14H15F2NOS. The van der Waals surface area contributed by atoms with Crippen molar-refractivity contribution in [1.82, 2.24) is 0 Å². The second-order valence-corrected chi connectivity index (χ2v) is 5.60. The van der Waals surface area contributed by atoms with Crippen molar-refractivity contribution in [3.63, 3.8) is 0 Å². The summed E-state index contributed by atoms with van der Waals surface area (Å²) in [6.07, 6.45) is 0. The van der Waals surface area contributed by atoms with E-state index < -0.39 is 11.6 Å². The first-order valence-electron chi connectivity index (χ1n) is 5.91. The van der Waals surface area contributed by atoms with Crippen molar-refractivity contribution in [3.05, 3.63) is 53.5 Å². The minimum absolute atomic E-state index is 0.233. The number of benzene rings is 1. The number of hydrogen-bond donors (Lipinski definition) is 1. The largest absolute Gasteiger partial charge is 0.465 e. The van der Waals surface area contributed by atoms with E-state index in [0.717, 1.165) is 17.9 Å². The van der Waals surface area contributed by atoms with Gasteiger partial charge >= 0.3 is 0 Å². The molecule has 2 atom stereocenters. The van der Waals surface area contributed by atoms with Gasteiger partial charge in [0.2, 0.25) is 0 Å². The van der Waals surface area contributed by atoms with Crippen LogP contribution in [0.5, 0.6) is 0 Å². The maximum Gasteiger partial charge on any atom is 0.136 e. The van der Waals surface area contributed by atoms with Crippen LogP contribution in [0, 0.1) is 18.6 Å². The molecule has 2 unspecified atom stereocenters. The smallest absolute Gasteiger partial charge is 0.136 e. The third kappa shape index (κ3) is 3.36. The van der Waals surface area contributed by atoms with Crippen molar-refractivity contribution in [2.24, 2.45) is 5.73 Å². The molecule has 0 bridgehead atoms. The Morgan fingerprint density at radius 1 is 1.21 bits per heavy atom. The monoisotopic (exact) mass is 283 g/mol. The molecule has 0 spiro atoms. The van der Waals surface area contributed by atoms with Gasteiger partial charge in [0.15, 0.2) is 0 Å². The van der Waals surface area contributed by atoms with Gasteiger partial charge in [-0.15, -0.1) is 11.8 Å². The maximum atomic E-state index is 13.7.